The molecule has 4 atom stereocenters. The monoisotopic (exact) mass is 548 g/mol. The molecule has 14 heteroatoms. The molecule has 38 heavy (non-hydrogen) atoms. The van der Waals surface area contributed by atoms with E-state index in [1.165, 1.54) is 24.3 Å². The average Bonchev–Trinajstić information content (AvgIpc) is 3.38. The van der Waals surface area contributed by atoms with Crippen molar-refractivity contribution in [3.8, 4) is 0 Å². The van der Waals surface area contributed by atoms with Crippen LogP contribution in [0.15, 0.2) is 42.9 Å². The van der Waals surface area contributed by atoms with Gasteiger partial charge in [0.05, 0.1) is 18.8 Å². The lowest BCUT2D eigenvalue weighted by atomic mass is 10.0. The number of rotatable bonds is 16. The molecule has 206 valence electrons. The van der Waals surface area contributed by atoms with E-state index in [1.54, 1.807) is 30.3 Å². The second kappa shape index (κ2) is 15.4. The van der Waals surface area contributed by atoms with Crippen LogP contribution in [0.4, 0.5) is 0 Å². The van der Waals surface area contributed by atoms with Crippen LogP contribution in [0.2, 0.25) is 0 Å². The van der Waals surface area contributed by atoms with E-state index >= 15 is 0 Å². The predicted molar refractivity (Wildman–Crippen MR) is 139 cm³/mol. The van der Waals surface area contributed by atoms with Crippen LogP contribution < -0.4 is 21.7 Å². The van der Waals surface area contributed by atoms with E-state index in [-0.39, 0.29) is 19.3 Å². The number of aliphatic carboxylic acids is 2. The summed E-state index contributed by atoms with van der Waals surface area (Å²) in [5.74, 6) is -4.29. The summed E-state index contributed by atoms with van der Waals surface area (Å²) in [6.45, 7) is 0. The molecule has 1 aromatic heterocycles. The van der Waals surface area contributed by atoms with Crippen molar-refractivity contribution in [3.05, 3.63) is 54.1 Å². The quantitative estimate of drug-likeness (QED) is 0.140. The third kappa shape index (κ3) is 10.2. The second-order valence-corrected chi connectivity index (χ2v) is 9.46. The number of H-pyrrole nitrogens is 1. The average molecular weight is 549 g/mol. The maximum Gasteiger partial charge on any atom is 0.326 e. The molecule has 0 saturated carbocycles. The molecule has 0 aliphatic rings. The fraction of sp³-hybridized carbons (Fsp3) is 0.417. The van der Waals surface area contributed by atoms with Gasteiger partial charge in [-0.2, -0.15) is 11.8 Å². The number of imidazole rings is 1. The van der Waals surface area contributed by atoms with Gasteiger partial charge in [-0.15, -0.1) is 0 Å². The lowest BCUT2D eigenvalue weighted by Gasteiger charge is -2.25. The first-order chi connectivity index (χ1) is 18.1. The van der Waals surface area contributed by atoms with Crippen molar-refractivity contribution in [3.63, 3.8) is 0 Å². The SMILES string of the molecule is CSCCC(NC(=O)C(N)CC(=O)O)C(=O)NC(Cc1ccccc1)C(=O)NC(Cc1cnc[nH]1)C(=O)O. The van der Waals surface area contributed by atoms with Gasteiger partial charge in [-0.3, -0.25) is 19.2 Å². The largest absolute Gasteiger partial charge is 0.481 e. The van der Waals surface area contributed by atoms with E-state index in [4.69, 9.17) is 10.8 Å². The van der Waals surface area contributed by atoms with Crippen molar-refractivity contribution in [2.24, 2.45) is 5.73 Å². The molecule has 0 aliphatic heterocycles. The Hall–Kier alpha value is -3.91. The number of carboxylic acids is 2. The van der Waals surface area contributed by atoms with Gasteiger partial charge in [0.15, 0.2) is 0 Å². The summed E-state index contributed by atoms with van der Waals surface area (Å²) in [4.78, 5) is 68.2. The zero-order chi connectivity index (χ0) is 28.1. The number of carbonyl (C=O) groups is 5. The zero-order valence-corrected chi connectivity index (χ0v) is 21.6. The molecule has 0 bridgehead atoms. The fourth-order valence-electron chi connectivity index (χ4n) is 3.48. The molecule has 0 spiro atoms. The normalized spacial score (nSPS) is 13.9. The van der Waals surface area contributed by atoms with Crippen molar-refractivity contribution in [2.45, 2.75) is 49.9 Å². The molecule has 4 unspecified atom stereocenters. The number of benzene rings is 1. The highest BCUT2D eigenvalue weighted by molar-refractivity contribution is 7.98. The third-order valence-corrected chi connectivity index (χ3v) is 6.13. The first kappa shape index (κ1) is 30.3. The fourth-order valence-corrected chi connectivity index (χ4v) is 3.96. The van der Waals surface area contributed by atoms with E-state index < -0.39 is 60.2 Å². The Morgan fingerprint density at radius 3 is 2.16 bits per heavy atom. The standard InChI is InChI=1S/C24H32N6O7S/c1-38-8-7-17(28-21(33)16(25)11-20(31)32)22(34)29-18(9-14-5-3-2-4-6-14)23(35)30-19(24(36)37)10-15-12-26-13-27-15/h2-6,12-13,16-19H,7-11,25H2,1H3,(H,26,27)(H,28,33)(H,29,34)(H,30,35)(H,31,32)(H,36,37). The van der Waals surface area contributed by atoms with Crippen LogP contribution in [0.3, 0.4) is 0 Å². The minimum Gasteiger partial charge on any atom is -0.481 e. The van der Waals surface area contributed by atoms with E-state index in [0.717, 1.165) is 0 Å². The smallest absolute Gasteiger partial charge is 0.326 e. The second-order valence-electron chi connectivity index (χ2n) is 8.48. The molecule has 13 nitrogen and oxygen atoms in total. The van der Waals surface area contributed by atoms with Gasteiger partial charge in [0.2, 0.25) is 17.7 Å². The van der Waals surface area contributed by atoms with Gasteiger partial charge in [-0.25, -0.2) is 9.78 Å². The first-order valence-electron chi connectivity index (χ1n) is 11.7. The number of carbonyl (C=O) groups excluding carboxylic acids is 3. The minimum atomic E-state index is -1.36. The van der Waals surface area contributed by atoms with Crippen molar-refractivity contribution in [1.82, 2.24) is 25.9 Å². The Morgan fingerprint density at radius 2 is 1.58 bits per heavy atom. The summed E-state index contributed by atoms with van der Waals surface area (Å²) in [6, 6.07) is 3.89. The van der Waals surface area contributed by atoms with Crippen LogP contribution in [0, 0.1) is 0 Å². The number of aromatic nitrogens is 2. The number of nitrogens with one attached hydrogen (secondary N) is 4. The number of amides is 3. The molecule has 0 aliphatic carbocycles. The molecule has 0 saturated heterocycles. The summed E-state index contributed by atoms with van der Waals surface area (Å²) >= 11 is 1.43. The number of aromatic amines is 1. The van der Waals surface area contributed by atoms with Crippen LogP contribution in [0.25, 0.3) is 0 Å². The van der Waals surface area contributed by atoms with Gasteiger partial charge < -0.3 is 36.9 Å². The zero-order valence-electron chi connectivity index (χ0n) is 20.8. The van der Waals surface area contributed by atoms with Crippen LogP contribution in [-0.2, 0) is 36.8 Å². The van der Waals surface area contributed by atoms with Crippen LogP contribution >= 0.6 is 11.8 Å². The van der Waals surface area contributed by atoms with Crippen LogP contribution in [0.1, 0.15) is 24.1 Å². The summed E-state index contributed by atoms with van der Waals surface area (Å²) in [5, 5.41) is 26.1. The van der Waals surface area contributed by atoms with Gasteiger partial charge in [-0.1, -0.05) is 30.3 Å². The Bertz CT molecular complexity index is 1080. The number of hydrogen-bond acceptors (Lipinski definition) is 8. The first-order valence-corrected chi connectivity index (χ1v) is 13.1. The molecule has 1 heterocycles. The molecule has 3 amide bonds. The maximum absolute atomic E-state index is 13.2. The topological polar surface area (TPSA) is 217 Å². The Morgan fingerprint density at radius 1 is 0.947 bits per heavy atom. The van der Waals surface area contributed by atoms with Crippen LogP contribution in [-0.4, -0.2) is 86.0 Å². The number of thioether (sulfide) groups is 1. The number of hydrogen-bond donors (Lipinski definition) is 7. The molecule has 0 fully saturated rings. The van der Waals surface area contributed by atoms with Crippen molar-refractivity contribution >= 4 is 41.4 Å². The molecular formula is C24H32N6O7S. The van der Waals surface area contributed by atoms with Gasteiger partial charge in [-0.05, 0) is 24.0 Å². The molecule has 8 N–H and O–H groups in total. The number of nitrogens with zero attached hydrogens (tertiary/aromatic N) is 1. The predicted octanol–water partition coefficient (Wildman–Crippen LogP) is -0.711. The Labute approximate surface area is 223 Å². The van der Waals surface area contributed by atoms with Crippen molar-refractivity contribution < 1.29 is 34.2 Å². The molecule has 2 rings (SSSR count). The van der Waals surface area contributed by atoms with E-state index in [0.29, 0.717) is 17.0 Å². The van der Waals surface area contributed by atoms with Gasteiger partial charge in [0.25, 0.3) is 0 Å². The Balaban J connectivity index is 2.21. The number of carboxylic acid groups (broad SMARTS) is 2. The Kier molecular flexibility index (Phi) is 12.3. The van der Waals surface area contributed by atoms with Crippen molar-refractivity contribution in [2.75, 3.05) is 12.0 Å². The van der Waals surface area contributed by atoms with E-state index in [9.17, 15) is 29.1 Å². The highest BCUT2D eigenvalue weighted by Gasteiger charge is 2.31. The maximum atomic E-state index is 13.2. The van der Waals surface area contributed by atoms with E-state index in [1.807, 2.05) is 6.26 Å². The van der Waals surface area contributed by atoms with Gasteiger partial charge in [0, 0.05) is 24.7 Å². The van der Waals surface area contributed by atoms with Gasteiger partial charge >= 0.3 is 11.9 Å². The summed E-state index contributed by atoms with van der Waals surface area (Å²) in [6.07, 6.45) is 4.21. The van der Waals surface area contributed by atoms with Gasteiger partial charge in [0.1, 0.15) is 18.1 Å². The molecule has 1 aromatic carbocycles. The molecule has 0 radical (unpaired) electrons. The molecule has 2 aromatic rings. The highest BCUT2D eigenvalue weighted by atomic mass is 32.2. The van der Waals surface area contributed by atoms with E-state index in [2.05, 4.69) is 25.9 Å². The lowest BCUT2D eigenvalue weighted by Crippen LogP contribution is -2.58. The van der Waals surface area contributed by atoms with Crippen molar-refractivity contribution in [1.29, 1.82) is 0 Å². The highest BCUT2D eigenvalue weighted by Crippen LogP contribution is 2.08. The lowest BCUT2D eigenvalue weighted by molar-refractivity contribution is -0.142. The summed E-state index contributed by atoms with van der Waals surface area (Å²) < 4.78 is 0. The van der Waals surface area contributed by atoms with Crippen LogP contribution in [0.5, 0.6) is 0 Å². The summed E-state index contributed by atoms with van der Waals surface area (Å²) in [5.41, 5.74) is 6.84. The minimum absolute atomic E-state index is 0.0521. The molecular weight excluding hydrogens is 516 g/mol. The number of nitrogens with two attached hydrogens (primary N) is 1. The third-order valence-electron chi connectivity index (χ3n) is 5.48. The summed E-state index contributed by atoms with van der Waals surface area (Å²) in [7, 11) is 0.